The molecule has 0 saturated heterocycles. The Bertz CT molecular complexity index is 523. The van der Waals surface area contributed by atoms with Crippen LogP contribution in [-0.4, -0.2) is 10.9 Å². The standard InChI is InChI=1S/C14H17F3N2O/c1-4-19-12(18)13(20,9(2)3)10-6-5-7-11(8-10)14(15,16)17/h4-9,20H,1H2,2-3H3,(H2,18,19). The van der Waals surface area contributed by atoms with Gasteiger partial charge >= 0.3 is 6.18 Å². The lowest BCUT2D eigenvalue weighted by molar-refractivity contribution is -0.137. The van der Waals surface area contributed by atoms with Gasteiger partial charge in [-0.2, -0.15) is 13.2 Å². The lowest BCUT2D eigenvalue weighted by Gasteiger charge is -2.32. The summed E-state index contributed by atoms with van der Waals surface area (Å²) in [5.74, 6) is -0.656. The number of rotatable bonds is 4. The minimum absolute atomic E-state index is 0.0467. The Morgan fingerprint density at radius 3 is 2.35 bits per heavy atom. The summed E-state index contributed by atoms with van der Waals surface area (Å²) >= 11 is 0. The quantitative estimate of drug-likeness (QED) is 0.660. The maximum Gasteiger partial charge on any atom is 0.416 e. The normalized spacial score (nSPS) is 16.1. The highest BCUT2D eigenvalue weighted by molar-refractivity contribution is 5.90. The van der Waals surface area contributed by atoms with E-state index >= 15 is 0 Å². The fraction of sp³-hybridized carbons (Fsp3) is 0.357. The van der Waals surface area contributed by atoms with E-state index in [0.29, 0.717) is 0 Å². The van der Waals surface area contributed by atoms with Crippen LogP contribution in [0.4, 0.5) is 13.2 Å². The molecular formula is C14H17F3N2O. The topological polar surface area (TPSA) is 58.6 Å². The minimum atomic E-state index is -4.49. The lowest BCUT2D eigenvalue weighted by Crippen LogP contribution is -2.45. The van der Waals surface area contributed by atoms with Gasteiger partial charge in [0.1, 0.15) is 11.4 Å². The van der Waals surface area contributed by atoms with E-state index in [1.165, 1.54) is 12.1 Å². The first-order valence-electron chi connectivity index (χ1n) is 5.98. The smallest absolute Gasteiger partial charge is 0.384 e. The first kappa shape index (κ1) is 16.2. The highest BCUT2D eigenvalue weighted by Crippen LogP contribution is 2.35. The summed E-state index contributed by atoms with van der Waals surface area (Å²) in [6, 6.07) is 4.43. The Balaban J connectivity index is 3.44. The summed E-state index contributed by atoms with van der Waals surface area (Å²) < 4.78 is 38.2. The third-order valence-electron chi connectivity index (χ3n) is 3.09. The van der Waals surface area contributed by atoms with Gasteiger partial charge in [0.15, 0.2) is 0 Å². The Kier molecular flexibility index (Phi) is 4.60. The molecule has 1 aromatic carbocycles. The van der Waals surface area contributed by atoms with Crippen molar-refractivity contribution in [1.29, 1.82) is 0 Å². The van der Waals surface area contributed by atoms with Crippen LogP contribution in [0.3, 0.4) is 0 Å². The molecule has 0 aromatic heterocycles. The van der Waals surface area contributed by atoms with E-state index in [1.54, 1.807) is 13.8 Å². The van der Waals surface area contributed by atoms with Crippen molar-refractivity contribution in [2.75, 3.05) is 0 Å². The third-order valence-corrected chi connectivity index (χ3v) is 3.09. The van der Waals surface area contributed by atoms with Gasteiger partial charge in [-0.1, -0.05) is 32.6 Å². The number of nitrogens with zero attached hydrogens (tertiary/aromatic N) is 1. The summed E-state index contributed by atoms with van der Waals surface area (Å²) in [6.07, 6.45) is -3.35. The molecule has 0 heterocycles. The van der Waals surface area contributed by atoms with Gasteiger partial charge in [0.2, 0.25) is 0 Å². The first-order chi connectivity index (χ1) is 9.14. The van der Waals surface area contributed by atoms with E-state index in [-0.39, 0.29) is 11.4 Å². The molecule has 0 aliphatic rings. The summed E-state index contributed by atoms with van der Waals surface area (Å²) in [5.41, 5.74) is 3.12. The Labute approximate surface area is 115 Å². The van der Waals surface area contributed by atoms with Crippen molar-refractivity contribution >= 4 is 5.84 Å². The lowest BCUT2D eigenvalue weighted by atomic mass is 9.81. The van der Waals surface area contributed by atoms with Crippen LogP contribution in [0.15, 0.2) is 42.0 Å². The second-order valence-electron chi connectivity index (χ2n) is 4.70. The van der Waals surface area contributed by atoms with Gasteiger partial charge in [-0.25, -0.2) is 4.99 Å². The molecule has 3 nitrogen and oxygen atoms in total. The van der Waals surface area contributed by atoms with E-state index in [2.05, 4.69) is 11.6 Å². The summed E-state index contributed by atoms with van der Waals surface area (Å²) in [4.78, 5) is 3.71. The molecule has 0 amide bonds. The fourth-order valence-electron chi connectivity index (χ4n) is 1.91. The van der Waals surface area contributed by atoms with Crippen molar-refractivity contribution in [1.82, 2.24) is 0 Å². The van der Waals surface area contributed by atoms with Gasteiger partial charge in [0.25, 0.3) is 0 Å². The zero-order valence-electron chi connectivity index (χ0n) is 11.3. The molecule has 0 bridgehead atoms. The number of aliphatic imine (C=N–C) groups is 1. The van der Waals surface area contributed by atoms with Gasteiger partial charge < -0.3 is 10.8 Å². The highest BCUT2D eigenvalue weighted by Gasteiger charge is 2.39. The monoisotopic (exact) mass is 286 g/mol. The minimum Gasteiger partial charge on any atom is -0.384 e. The van der Waals surface area contributed by atoms with Gasteiger partial charge in [0.05, 0.1) is 5.56 Å². The van der Waals surface area contributed by atoms with Crippen LogP contribution in [0.25, 0.3) is 0 Å². The molecule has 20 heavy (non-hydrogen) atoms. The van der Waals surface area contributed by atoms with Gasteiger partial charge in [-0.3, -0.25) is 0 Å². The SMILES string of the molecule is C=CN=C(N)C(O)(c1cccc(C(F)(F)F)c1)C(C)C. The van der Waals surface area contributed by atoms with Crippen molar-refractivity contribution in [3.63, 3.8) is 0 Å². The van der Waals surface area contributed by atoms with Crippen molar-refractivity contribution in [3.8, 4) is 0 Å². The molecule has 0 radical (unpaired) electrons. The molecular weight excluding hydrogens is 269 g/mol. The van der Waals surface area contributed by atoms with Gasteiger partial charge in [-0.05, 0) is 23.6 Å². The van der Waals surface area contributed by atoms with Crippen LogP contribution >= 0.6 is 0 Å². The number of amidine groups is 1. The van der Waals surface area contributed by atoms with Crippen LogP contribution in [0.5, 0.6) is 0 Å². The van der Waals surface area contributed by atoms with Crippen molar-refractivity contribution in [2.45, 2.75) is 25.6 Å². The Hall–Kier alpha value is -1.82. The van der Waals surface area contributed by atoms with Crippen LogP contribution in [0.1, 0.15) is 25.0 Å². The predicted octanol–water partition coefficient (Wildman–Crippen LogP) is 3.05. The number of alkyl halides is 3. The fourth-order valence-corrected chi connectivity index (χ4v) is 1.91. The molecule has 0 aliphatic carbocycles. The zero-order valence-corrected chi connectivity index (χ0v) is 11.3. The molecule has 1 aromatic rings. The molecule has 0 spiro atoms. The summed E-state index contributed by atoms with van der Waals surface area (Å²) in [5, 5.41) is 10.7. The van der Waals surface area contributed by atoms with E-state index < -0.39 is 23.3 Å². The molecule has 0 fully saturated rings. The average molecular weight is 286 g/mol. The molecule has 0 saturated carbocycles. The molecule has 1 atom stereocenters. The van der Waals surface area contributed by atoms with E-state index in [1.807, 2.05) is 0 Å². The van der Waals surface area contributed by atoms with Crippen LogP contribution < -0.4 is 5.73 Å². The average Bonchev–Trinajstić information content (AvgIpc) is 2.36. The number of aliphatic hydroxyl groups is 1. The van der Waals surface area contributed by atoms with Gasteiger partial charge in [-0.15, -0.1) is 0 Å². The van der Waals surface area contributed by atoms with Crippen molar-refractivity contribution in [3.05, 3.63) is 48.2 Å². The Morgan fingerprint density at radius 2 is 1.90 bits per heavy atom. The molecule has 1 rings (SSSR count). The van der Waals surface area contributed by atoms with Crippen LogP contribution in [0.2, 0.25) is 0 Å². The van der Waals surface area contributed by atoms with Gasteiger partial charge in [0, 0.05) is 6.20 Å². The zero-order chi connectivity index (χ0) is 15.6. The van der Waals surface area contributed by atoms with E-state index in [9.17, 15) is 18.3 Å². The second-order valence-corrected chi connectivity index (χ2v) is 4.70. The maximum atomic E-state index is 12.7. The van der Waals surface area contributed by atoms with E-state index in [4.69, 9.17) is 5.73 Å². The first-order valence-corrected chi connectivity index (χ1v) is 5.98. The molecule has 1 unspecified atom stereocenters. The van der Waals surface area contributed by atoms with Crippen LogP contribution in [0, 0.1) is 5.92 Å². The van der Waals surface area contributed by atoms with Crippen molar-refractivity contribution < 1.29 is 18.3 Å². The molecule has 3 N–H and O–H groups in total. The number of halogens is 3. The third kappa shape index (κ3) is 3.01. The number of nitrogens with two attached hydrogens (primary N) is 1. The predicted molar refractivity (Wildman–Crippen MR) is 72.0 cm³/mol. The second kappa shape index (κ2) is 5.66. The summed E-state index contributed by atoms with van der Waals surface area (Å²) in [6.45, 7) is 6.65. The number of hydrogen-bond acceptors (Lipinski definition) is 2. The molecule has 6 heteroatoms. The van der Waals surface area contributed by atoms with Crippen LogP contribution in [-0.2, 0) is 11.8 Å². The largest absolute Gasteiger partial charge is 0.416 e. The van der Waals surface area contributed by atoms with E-state index in [0.717, 1.165) is 18.3 Å². The number of hydrogen-bond donors (Lipinski definition) is 2. The summed E-state index contributed by atoms with van der Waals surface area (Å²) in [7, 11) is 0. The molecule has 110 valence electrons. The highest BCUT2D eigenvalue weighted by atomic mass is 19.4. The number of benzene rings is 1. The Morgan fingerprint density at radius 1 is 1.35 bits per heavy atom. The van der Waals surface area contributed by atoms with Crippen molar-refractivity contribution in [2.24, 2.45) is 16.6 Å². The maximum absolute atomic E-state index is 12.7. The molecule has 0 aliphatic heterocycles.